The first-order chi connectivity index (χ1) is 8.93. The smallest absolute Gasteiger partial charge is 0.319 e. The van der Waals surface area contributed by atoms with Crippen LogP contribution in [0.25, 0.3) is 0 Å². The molecule has 0 bridgehead atoms. The van der Waals surface area contributed by atoms with Crippen LogP contribution in [0.3, 0.4) is 0 Å². The highest BCUT2D eigenvalue weighted by Gasteiger charge is 2.16. The molecule has 1 aromatic rings. The molecule has 0 fully saturated rings. The highest BCUT2D eigenvalue weighted by atomic mass is 16.2. The zero-order chi connectivity index (χ0) is 14.3. The van der Waals surface area contributed by atoms with E-state index in [9.17, 15) is 4.79 Å². The molecule has 0 radical (unpaired) electrons. The second-order valence-corrected chi connectivity index (χ2v) is 5.63. The van der Waals surface area contributed by atoms with Crippen LogP contribution in [-0.2, 0) is 5.41 Å². The summed E-state index contributed by atoms with van der Waals surface area (Å²) < 4.78 is 0. The van der Waals surface area contributed by atoms with Crippen molar-refractivity contribution in [3.05, 3.63) is 18.2 Å². The van der Waals surface area contributed by atoms with Crippen LogP contribution in [0.15, 0.2) is 12.4 Å². The first-order valence-electron chi connectivity index (χ1n) is 6.81. The molecular weight excluding hydrogens is 240 g/mol. The zero-order valence-corrected chi connectivity index (χ0v) is 12.3. The molecule has 0 saturated carbocycles. The van der Waals surface area contributed by atoms with Crippen molar-refractivity contribution in [1.29, 1.82) is 0 Å². The summed E-state index contributed by atoms with van der Waals surface area (Å²) in [7, 11) is 0. The van der Waals surface area contributed by atoms with Crippen LogP contribution in [0.2, 0.25) is 0 Å². The van der Waals surface area contributed by atoms with Crippen molar-refractivity contribution in [1.82, 2.24) is 15.3 Å². The molecule has 0 aliphatic rings. The number of nitrogens with one attached hydrogen (secondary N) is 2. The van der Waals surface area contributed by atoms with Crippen molar-refractivity contribution in [2.75, 3.05) is 11.9 Å². The summed E-state index contributed by atoms with van der Waals surface area (Å²) in [5.74, 6) is 0.765. The van der Waals surface area contributed by atoms with Crippen LogP contribution in [-0.4, -0.2) is 22.5 Å². The van der Waals surface area contributed by atoms with E-state index < -0.39 is 0 Å². The Balaban J connectivity index is 2.43. The van der Waals surface area contributed by atoms with Gasteiger partial charge in [-0.2, -0.15) is 0 Å². The number of aromatic nitrogens is 2. The van der Waals surface area contributed by atoms with Gasteiger partial charge in [-0.25, -0.2) is 14.8 Å². The molecular formula is C14H24N4O. The van der Waals surface area contributed by atoms with Crippen LogP contribution in [0.1, 0.15) is 52.8 Å². The number of urea groups is 1. The third-order valence-corrected chi connectivity index (χ3v) is 2.65. The number of hydrogen-bond donors (Lipinski definition) is 2. The van der Waals surface area contributed by atoms with Gasteiger partial charge in [0.05, 0.1) is 18.1 Å². The third kappa shape index (κ3) is 5.68. The van der Waals surface area contributed by atoms with Crippen molar-refractivity contribution in [2.24, 2.45) is 0 Å². The van der Waals surface area contributed by atoms with Crippen LogP contribution >= 0.6 is 0 Å². The van der Waals surface area contributed by atoms with E-state index in [0.717, 1.165) is 25.1 Å². The molecule has 0 aliphatic heterocycles. The van der Waals surface area contributed by atoms with E-state index in [1.165, 1.54) is 0 Å². The molecule has 0 unspecified atom stereocenters. The van der Waals surface area contributed by atoms with E-state index in [0.29, 0.717) is 12.2 Å². The number of rotatable bonds is 5. The van der Waals surface area contributed by atoms with Gasteiger partial charge >= 0.3 is 6.03 Å². The number of unbranched alkanes of at least 4 members (excludes halogenated alkanes) is 2. The molecule has 2 N–H and O–H groups in total. The molecule has 1 aromatic heterocycles. The molecule has 106 valence electrons. The van der Waals surface area contributed by atoms with Gasteiger partial charge in [0.2, 0.25) is 0 Å². The lowest BCUT2D eigenvalue weighted by molar-refractivity contribution is 0.252. The fourth-order valence-corrected chi connectivity index (χ4v) is 1.53. The summed E-state index contributed by atoms with van der Waals surface area (Å²) in [4.78, 5) is 20.1. The predicted octanol–water partition coefficient (Wildman–Crippen LogP) is 3.09. The minimum Gasteiger partial charge on any atom is -0.338 e. The summed E-state index contributed by atoms with van der Waals surface area (Å²) in [6.07, 6.45) is 6.55. The van der Waals surface area contributed by atoms with E-state index in [2.05, 4.69) is 48.3 Å². The highest BCUT2D eigenvalue weighted by Crippen LogP contribution is 2.17. The summed E-state index contributed by atoms with van der Waals surface area (Å²) in [5, 5.41) is 5.53. The van der Waals surface area contributed by atoms with E-state index in [-0.39, 0.29) is 11.4 Å². The minimum absolute atomic E-state index is 0.0824. The minimum atomic E-state index is -0.205. The van der Waals surface area contributed by atoms with Gasteiger partial charge in [0.1, 0.15) is 5.82 Å². The number of carbonyl (C=O) groups excluding carboxylic acids is 1. The average molecular weight is 264 g/mol. The second kappa shape index (κ2) is 7.07. The Morgan fingerprint density at radius 2 is 1.84 bits per heavy atom. The SMILES string of the molecule is CCCCCNC(=O)Nc1cnc(C(C)(C)C)nc1. The van der Waals surface area contributed by atoms with E-state index in [1.54, 1.807) is 12.4 Å². The van der Waals surface area contributed by atoms with Crippen molar-refractivity contribution in [3.63, 3.8) is 0 Å². The van der Waals surface area contributed by atoms with Gasteiger partial charge in [0.25, 0.3) is 0 Å². The van der Waals surface area contributed by atoms with E-state index in [4.69, 9.17) is 0 Å². The fraction of sp³-hybridized carbons (Fsp3) is 0.643. The second-order valence-electron chi connectivity index (χ2n) is 5.63. The normalized spacial score (nSPS) is 11.2. The maximum absolute atomic E-state index is 11.6. The summed E-state index contributed by atoms with van der Waals surface area (Å²) >= 11 is 0. The van der Waals surface area contributed by atoms with Gasteiger partial charge in [-0.15, -0.1) is 0 Å². The van der Waals surface area contributed by atoms with Gasteiger partial charge in [0.15, 0.2) is 0 Å². The van der Waals surface area contributed by atoms with Gasteiger partial charge in [-0.3, -0.25) is 0 Å². The van der Waals surface area contributed by atoms with E-state index >= 15 is 0 Å². The largest absolute Gasteiger partial charge is 0.338 e. The van der Waals surface area contributed by atoms with Gasteiger partial charge in [0, 0.05) is 12.0 Å². The van der Waals surface area contributed by atoms with Crippen LogP contribution in [0.5, 0.6) is 0 Å². The summed E-state index contributed by atoms with van der Waals surface area (Å²) in [5.41, 5.74) is 0.530. The average Bonchev–Trinajstić information content (AvgIpc) is 2.34. The van der Waals surface area contributed by atoms with Crippen molar-refractivity contribution >= 4 is 11.7 Å². The highest BCUT2D eigenvalue weighted by molar-refractivity contribution is 5.88. The molecule has 0 saturated heterocycles. The molecule has 0 aliphatic carbocycles. The van der Waals surface area contributed by atoms with Crippen LogP contribution in [0, 0.1) is 0 Å². The lowest BCUT2D eigenvalue weighted by Crippen LogP contribution is -2.29. The molecule has 2 amide bonds. The third-order valence-electron chi connectivity index (χ3n) is 2.65. The molecule has 0 aromatic carbocycles. The van der Waals surface area contributed by atoms with Gasteiger partial charge in [-0.1, -0.05) is 40.5 Å². The molecule has 5 heteroatoms. The Bertz CT molecular complexity index is 395. The van der Waals surface area contributed by atoms with Crippen LogP contribution < -0.4 is 10.6 Å². The van der Waals surface area contributed by atoms with E-state index in [1.807, 2.05) is 0 Å². The Kier molecular flexibility index (Phi) is 5.73. The Morgan fingerprint density at radius 1 is 1.21 bits per heavy atom. The maximum Gasteiger partial charge on any atom is 0.319 e. The number of hydrogen-bond acceptors (Lipinski definition) is 3. The van der Waals surface area contributed by atoms with Gasteiger partial charge < -0.3 is 10.6 Å². The Morgan fingerprint density at radius 3 is 2.37 bits per heavy atom. The first-order valence-corrected chi connectivity index (χ1v) is 6.81. The zero-order valence-electron chi connectivity index (χ0n) is 12.3. The standard InChI is InChI=1S/C14H24N4O/c1-5-6-7-8-15-13(19)18-11-9-16-12(17-10-11)14(2,3)4/h9-10H,5-8H2,1-4H3,(H2,15,18,19). The predicted molar refractivity (Wildman–Crippen MR) is 77.3 cm³/mol. The van der Waals surface area contributed by atoms with Crippen molar-refractivity contribution < 1.29 is 4.79 Å². The molecule has 19 heavy (non-hydrogen) atoms. The van der Waals surface area contributed by atoms with Crippen molar-refractivity contribution in [2.45, 2.75) is 52.4 Å². The summed E-state index contributed by atoms with van der Waals surface area (Å²) in [6, 6.07) is -0.205. The first kappa shape index (κ1) is 15.4. The summed E-state index contributed by atoms with van der Waals surface area (Å²) in [6.45, 7) is 8.98. The Hall–Kier alpha value is -1.65. The lowest BCUT2D eigenvalue weighted by atomic mass is 9.96. The topological polar surface area (TPSA) is 66.9 Å². The fourth-order valence-electron chi connectivity index (χ4n) is 1.53. The Labute approximate surface area is 115 Å². The number of amides is 2. The monoisotopic (exact) mass is 264 g/mol. The van der Waals surface area contributed by atoms with Gasteiger partial charge in [-0.05, 0) is 6.42 Å². The lowest BCUT2D eigenvalue weighted by Gasteiger charge is -2.16. The van der Waals surface area contributed by atoms with Crippen molar-refractivity contribution in [3.8, 4) is 0 Å². The molecule has 0 spiro atoms. The molecule has 1 rings (SSSR count). The molecule has 1 heterocycles. The number of carbonyl (C=O) groups is 1. The molecule has 0 atom stereocenters. The number of nitrogens with zero attached hydrogens (tertiary/aromatic N) is 2. The quantitative estimate of drug-likeness (QED) is 0.803. The van der Waals surface area contributed by atoms with Crippen LogP contribution in [0.4, 0.5) is 10.5 Å². The molecule has 5 nitrogen and oxygen atoms in total. The maximum atomic E-state index is 11.6. The number of anilines is 1.